The lowest BCUT2D eigenvalue weighted by Gasteiger charge is -1.86. The van der Waals surface area contributed by atoms with Crippen LogP contribution in [-0.4, -0.2) is 0 Å². The van der Waals surface area contributed by atoms with Crippen molar-refractivity contribution in [3.05, 3.63) is 0 Å². The fraction of sp³-hybridized carbons (Fsp3) is 1.00. The monoisotopic (exact) mass is 244 g/mol. The number of hydrogen-bond donors (Lipinski definition) is 0. The summed E-state index contributed by atoms with van der Waals surface area (Å²) in [7, 11) is 0. The maximum absolute atomic E-state index is 2.23. The van der Waals surface area contributed by atoms with E-state index in [1.807, 2.05) is 0 Å². The van der Waals surface area contributed by atoms with E-state index in [-0.39, 0.29) is 24.8 Å². The molecule has 0 atom stereocenters. The van der Waals surface area contributed by atoms with Gasteiger partial charge >= 0.3 is 0 Å². The number of rotatable bonds is 6. The predicted molar refractivity (Wildman–Crippen MR) is 74.1 cm³/mol. The van der Waals surface area contributed by atoms with E-state index in [1.165, 1.54) is 51.4 Å². The first-order chi connectivity index (χ1) is 5.83. The quantitative estimate of drug-likeness (QED) is 0.502. The molecule has 0 bridgehead atoms. The van der Waals surface area contributed by atoms with Crippen molar-refractivity contribution in [2.75, 3.05) is 0 Å². The lowest BCUT2D eigenvalue weighted by molar-refractivity contribution is 0.702. The Hall–Kier alpha value is 0.580. The molecule has 0 rings (SSSR count). The smallest absolute Gasteiger partial charge is 0.0536 e. The van der Waals surface area contributed by atoms with Gasteiger partial charge in [-0.25, -0.2) is 0 Å². The highest BCUT2D eigenvalue weighted by Crippen LogP contribution is 1.95. The van der Waals surface area contributed by atoms with E-state index in [0.717, 1.165) is 0 Å². The Balaban J connectivity index is -0.0000000625. The van der Waals surface area contributed by atoms with Crippen LogP contribution in [-0.2, 0) is 0 Å². The summed E-state index contributed by atoms with van der Waals surface area (Å²) in [6, 6.07) is 0. The second-order valence-electron chi connectivity index (χ2n) is 3.41. The molecule has 0 aliphatic carbocycles. The number of unbranched alkanes of at least 4 members (excludes halogenated alkanes) is 6. The highest BCUT2D eigenvalue weighted by Gasteiger charge is 1.75. The van der Waals surface area contributed by atoms with Crippen molar-refractivity contribution in [3.63, 3.8) is 0 Å². The topological polar surface area (TPSA) is 0 Å². The SMILES string of the molecule is CCCCCC.CCCCCC.Cl.Cl. The van der Waals surface area contributed by atoms with Crippen LogP contribution in [0.15, 0.2) is 0 Å². The molecule has 0 aromatic heterocycles. The van der Waals surface area contributed by atoms with Gasteiger partial charge in [0.05, 0.1) is 0 Å². The summed E-state index contributed by atoms with van der Waals surface area (Å²) in [5.41, 5.74) is 0. The van der Waals surface area contributed by atoms with Gasteiger partial charge in [0.25, 0.3) is 0 Å². The maximum Gasteiger partial charge on any atom is -0.0536 e. The van der Waals surface area contributed by atoms with Crippen LogP contribution in [0.3, 0.4) is 0 Å². The Labute approximate surface area is 104 Å². The van der Waals surface area contributed by atoms with Crippen molar-refractivity contribution < 1.29 is 0 Å². The van der Waals surface area contributed by atoms with Gasteiger partial charge in [-0.2, -0.15) is 0 Å². The van der Waals surface area contributed by atoms with Crippen LogP contribution in [0.1, 0.15) is 79.1 Å². The van der Waals surface area contributed by atoms with E-state index >= 15 is 0 Å². The van der Waals surface area contributed by atoms with E-state index in [2.05, 4.69) is 27.7 Å². The summed E-state index contributed by atoms with van der Waals surface area (Å²) >= 11 is 0. The minimum Gasteiger partial charge on any atom is -0.147 e. The summed E-state index contributed by atoms with van der Waals surface area (Å²) in [5, 5.41) is 0. The first-order valence-corrected chi connectivity index (χ1v) is 5.83. The van der Waals surface area contributed by atoms with Crippen molar-refractivity contribution in [2.24, 2.45) is 0 Å². The average Bonchev–Trinajstić information content (AvgIpc) is 2.12. The van der Waals surface area contributed by atoms with Gasteiger partial charge in [-0.3, -0.25) is 0 Å². The summed E-state index contributed by atoms with van der Waals surface area (Å²) in [5.74, 6) is 0. The van der Waals surface area contributed by atoms with Crippen LogP contribution in [0.2, 0.25) is 0 Å². The Morgan fingerprint density at radius 3 is 0.643 bits per heavy atom. The number of hydrogen-bond acceptors (Lipinski definition) is 0. The first-order valence-electron chi connectivity index (χ1n) is 5.83. The molecule has 0 unspecified atom stereocenters. The van der Waals surface area contributed by atoms with Crippen molar-refractivity contribution in [1.29, 1.82) is 0 Å². The van der Waals surface area contributed by atoms with Gasteiger partial charge in [-0.15, -0.1) is 24.8 Å². The van der Waals surface area contributed by atoms with Crippen LogP contribution in [0, 0.1) is 0 Å². The van der Waals surface area contributed by atoms with Crippen LogP contribution >= 0.6 is 24.8 Å². The highest BCUT2D eigenvalue weighted by atomic mass is 35.5. The fourth-order valence-electron chi connectivity index (χ4n) is 1.000. The molecule has 0 spiro atoms. The molecule has 0 heterocycles. The van der Waals surface area contributed by atoms with E-state index in [4.69, 9.17) is 0 Å². The molecular weight excluding hydrogens is 215 g/mol. The maximum atomic E-state index is 2.23. The molecule has 0 amide bonds. The molecule has 0 aliphatic heterocycles. The van der Waals surface area contributed by atoms with Crippen molar-refractivity contribution >= 4 is 24.8 Å². The third kappa shape index (κ3) is 39.0. The molecule has 0 fully saturated rings. The highest BCUT2D eigenvalue weighted by molar-refractivity contribution is 5.85. The Kier molecular flexibility index (Phi) is 50.1. The minimum absolute atomic E-state index is 0. The Morgan fingerprint density at radius 2 is 0.571 bits per heavy atom. The minimum atomic E-state index is 0. The van der Waals surface area contributed by atoms with Crippen LogP contribution in [0.4, 0.5) is 0 Å². The zero-order valence-electron chi connectivity index (χ0n) is 10.5. The molecule has 0 saturated heterocycles. The first kappa shape index (κ1) is 24.0. The zero-order chi connectivity index (χ0) is 9.66. The molecule has 0 saturated carbocycles. The summed E-state index contributed by atoms with van der Waals surface area (Å²) in [6.07, 6.45) is 11.1. The van der Waals surface area contributed by atoms with Gasteiger partial charge < -0.3 is 0 Å². The van der Waals surface area contributed by atoms with Gasteiger partial charge in [0.2, 0.25) is 0 Å². The molecule has 92 valence electrons. The second kappa shape index (κ2) is 29.2. The van der Waals surface area contributed by atoms with Gasteiger partial charge in [0, 0.05) is 0 Å². The summed E-state index contributed by atoms with van der Waals surface area (Å²) in [6.45, 7) is 8.93. The predicted octanol–water partition coefficient (Wildman–Crippen LogP) is 6.02. The largest absolute Gasteiger partial charge is 0.147 e. The summed E-state index contributed by atoms with van der Waals surface area (Å²) < 4.78 is 0. The Bertz CT molecular complexity index is 40.3. The van der Waals surface area contributed by atoms with Gasteiger partial charge in [0.15, 0.2) is 0 Å². The van der Waals surface area contributed by atoms with E-state index < -0.39 is 0 Å². The van der Waals surface area contributed by atoms with Gasteiger partial charge in [0.1, 0.15) is 0 Å². The standard InChI is InChI=1S/2C6H14.2ClH/c2*1-3-5-6-4-2;;/h2*3-6H2,1-2H3;2*1H. The molecule has 0 N–H and O–H groups in total. The molecule has 0 aromatic carbocycles. The van der Waals surface area contributed by atoms with E-state index in [0.29, 0.717) is 0 Å². The van der Waals surface area contributed by atoms with Crippen molar-refractivity contribution in [3.8, 4) is 0 Å². The second-order valence-corrected chi connectivity index (χ2v) is 3.41. The van der Waals surface area contributed by atoms with Crippen molar-refractivity contribution in [2.45, 2.75) is 79.1 Å². The molecule has 0 radical (unpaired) electrons. The van der Waals surface area contributed by atoms with Crippen LogP contribution in [0.5, 0.6) is 0 Å². The molecule has 0 nitrogen and oxygen atoms in total. The van der Waals surface area contributed by atoms with Crippen molar-refractivity contribution in [1.82, 2.24) is 0 Å². The van der Waals surface area contributed by atoms with E-state index in [9.17, 15) is 0 Å². The number of halogens is 2. The lowest BCUT2D eigenvalue weighted by atomic mass is 10.2. The fourth-order valence-corrected chi connectivity index (χ4v) is 1.000. The molecule has 0 aliphatic rings. The van der Waals surface area contributed by atoms with E-state index in [1.54, 1.807) is 0 Å². The zero-order valence-corrected chi connectivity index (χ0v) is 12.1. The molecule has 0 aromatic rings. The molecular formula is C12H30Cl2. The van der Waals surface area contributed by atoms with Gasteiger partial charge in [-0.05, 0) is 0 Å². The average molecular weight is 245 g/mol. The Morgan fingerprint density at radius 1 is 0.429 bits per heavy atom. The molecule has 14 heavy (non-hydrogen) atoms. The third-order valence-electron chi connectivity index (χ3n) is 1.91. The third-order valence-corrected chi connectivity index (χ3v) is 1.91. The normalized spacial score (nSPS) is 7.71. The summed E-state index contributed by atoms with van der Waals surface area (Å²) in [4.78, 5) is 0. The van der Waals surface area contributed by atoms with Crippen LogP contribution < -0.4 is 0 Å². The van der Waals surface area contributed by atoms with Gasteiger partial charge in [-0.1, -0.05) is 79.1 Å². The lowest BCUT2D eigenvalue weighted by Crippen LogP contribution is -1.66. The molecule has 2 heteroatoms. The van der Waals surface area contributed by atoms with Crippen LogP contribution in [0.25, 0.3) is 0 Å².